The molecule has 1 radical (unpaired) electrons. The molecule has 0 saturated carbocycles. The molecule has 0 aromatic heterocycles. The van der Waals surface area contributed by atoms with Crippen LogP contribution in [0.25, 0.3) is 0 Å². The van der Waals surface area contributed by atoms with Gasteiger partial charge in [-0.05, 0) is 25.8 Å². The van der Waals surface area contributed by atoms with E-state index >= 15 is 0 Å². The topological polar surface area (TPSA) is 17.1 Å². The van der Waals surface area contributed by atoms with Crippen molar-refractivity contribution in [3.8, 4) is 11.8 Å². The third-order valence-electron chi connectivity index (χ3n) is 1.52. The molecule has 0 aromatic rings. The Labute approximate surface area is 61.1 Å². The van der Waals surface area contributed by atoms with Crippen LogP contribution < -0.4 is 0 Å². The number of carbonyl (C=O) groups is 1. The van der Waals surface area contributed by atoms with Gasteiger partial charge >= 0.3 is 0 Å². The fourth-order valence-electron chi connectivity index (χ4n) is 0.963. The van der Waals surface area contributed by atoms with Gasteiger partial charge in [0.1, 0.15) is 0 Å². The highest BCUT2D eigenvalue weighted by atomic mass is 16.1. The molecule has 1 aliphatic rings. The second-order valence-corrected chi connectivity index (χ2v) is 2.26. The summed E-state index contributed by atoms with van der Waals surface area (Å²) in [5.74, 6) is 5.67. The number of carbonyl (C=O) groups excluding carboxylic acids is 1. The third-order valence-corrected chi connectivity index (χ3v) is 1.52. The zero-order valence-electron chi connectivity index (χ0n) is 6.19. The maximum Gasteiger partial charge on any atom is 0.171 e. The summed E-state index contributed by atoms with van der Waals surface area (Å²) in [5, 5.41) is 0. The summed E-state index contributed by atoms with van der Waals surface area (Å²) in [7, 11) is 0. The molecule has 0 fully saturated rings. The van der Waals surface area contributed by atoms with Crippen LogP contribution in [0.15, 0.2) is 11.1 Å². The van der Waals surface area contributed by atoms with Gasteiger partial charge in [-0.2, -0.15) is 0 Å². The first kappa shape index (κ1) is 7.08. The van der Waals surface area contributed by atoms with Crippen molar-refractivity contribution in [1.29, 1.82) is 0 Å². The van der Waals surface area contributed by atoms with Gasteiger partial charge in [-0.3, -0.25) is 4.79 Å². The van der Waals surface area contributed by atoms with Gasteiger partial charge in [0.05, 0.1) is 5.57 Å². The van der Waals surface area contributed by atoms with E-state index in [2.05, 4.69) is 11.8 Å². The Kier molecular flexibility index (Phi) is 1.91. The Morgan fingerprint density at radius 1 is 1.60 bits per heavy atom. The highest BCUT2D eigenvalue weighted by molar-refractivity contribution is 6.04. The second-order valence-electron chi connectivity index (χ2n) is 2.26. The number of hydrogen-bond donors (Lipinski definition) is 0. The van der Waals surface area contributed by atoms with Crippen molar-refractivity contribution in [1.82, 2.24) is 0 Å². The molecule has 0 heterocycles. The van der Waals surface area contributed by atoms with Crippen molar-refractivity contribution in [3.63, 3.8) is 0 Å². The molecule has 1 heteroatoms. The fourth-order valence-corrected chi connectivity index (χ4v) is 0.963. The van der Waals surface area contributed by atoms with E-state index in [0.29, 0.717) is 12.0 Å². The average Bonchev–Trinajstić information content (AvgIpc) is 2.20. The quantitative estimate of drug-likeness (QED) is 0.458. The Hall–Kier alpha value is -1.03. The number of allylic oxidation sites excluding steroid dienone is 2. The van der Waals surface area contributed by atoms with E-state index in [4.69, 9.17) is 0 Å². The van der Waals surface area contributed by atoms with E-state index in [9.17, 15) is 4.79 Å². The fraction of sp³-hybridized carbons (Fsp3) is 0.333. The molecule has 0 spiro atoms. The van der Waals surface area contributed by atoms with Gasteiger partial charge in [-0.1, -0.05) is 5.92 Å². The van der Waals surface area contributed by atoms with E-state index in [-0.39, 0.29) is 5.78 Å². The molecule has 10 heavy (non-hydrogen) atoms. The largest absolute Gasteiger partial charge is 0.293 e. The van der Waals surface area contributed by atoms with Crippen LogP contribution in [-0.4, -0.2) is 5.78 Å². The zero-order valence-corrected chi connectivity index (χ0v) is 6.19. The minimum atomic E-state index is 0.159. The summed E-state index contributed by atoms with van der Waals surface area (Å²) in [6, 6.07) is 0. The van der Waals surface area contributed by atoms with E-state index < -0.39 is 0 Å². The lowest BCUT2D eigenvalue weighted by molar-refractivity contribution is -0.114. The van der Waals surface area contributed by atoms with Gasteiger partial charge in [0.15, 0.2) is 5.78 Å². The van der Waals surface area contributed by atoms with Crippen LogP contribution in [0.5, 0.6) is 0 Å². The van der Waals surface area contributed by atoms with Gasteiger partial charge in [0.25, 0.3) is 0 Å². The van der Waals surface area contributed by atoms with Gasteiger partial charge in [-0.25, -0.2) is 0 Å². The highest BCUT2D eigenvalue weighted by Gasteiger charge is 2.17. The van der Waals surface area contributed by atoms with Crippen LogP contribution in [-0.2, 0) is 4.79 Å². The number of hydrogen-bond acceptors (Lipinski definition) is 1. The van der Waals surface area contributed by atoms with Crippen molar-refractivity contribution >= 4 is 5.78 Å². The lowest BCUT2D eigenvalue weighted by atomic mass is 10.2. The van der Waals surface area contributed by atoms with Gasteiger partial charge in [-0.15, -0.1) is 5.92 Å². The smallest absolute Gasteiger partial charge is 0.171 e. The van der Waals surface area contributed by atoms with E-state index in [1.54, 1.807) is 6.92 Å². The van der Waals surface area contributed by atoms with Crippen LogP contribution in [0, 0.1) is 18.3 Å². The molecule has 0 N–H and O–H groups in total. The van der Waals surface area contributed by atoms with Crippen molar-refractivity contribution in [3.05, 3.63) is 17.6 Å². The summed E-state index contributed by atoms with van der Waals surface area (Å²) in [6.07, 6.45) is 2.46. The molecule has 1 aliphatic carbocycles. The molecular weight excluding hydrogens is 124 g/mol. The predicted molar refractivity (Wildman–Crippen MR) is 40.1 cm³/mol. The van der Waals surface area contributed by atoms with E-state index in [1.807, 2.05) is 13.3 Å². The average molecular weight is 133 g/mol. The maximum atomic E-state index is 11.0. The molecule has 1 rings (SSSR count). The molecule has 0 aliphatic heterocycles. The van der Waals surface area contributed by atoms with Crippen LogP contribution in [0.1, 0.15) is 20.3 Å². The lowest BCUT2D eigenvalue weighted by Gasteiger charge is -1.86. The molecule has 0 aromatic carbocycles. The first-order valence-corrected chi connectivity index (χ1v) is 3.25. The Morgan fingerprint density at radius 2 is 2.30 bits per heavy atom. The summed E-state index contributed by atoms with van der Waals surface area (Å²) in [6.45, 7) is 3.66. The minimum absolute atomic E-state index is 0.159. The van der Waals surface area contributed by atoms with E-state index in [0.717, 1.165) is 5.57 Å². The van der Waals surface area contributed by atoms with E-state index in [1.165, 1.54) is 0 Å². The monoisotopic (exact) mass is 133 g/mol. The van der Waals surface area contributed by atoms with Crippen LogP contribution in [0.3, 0.4) is 0 Å². The van der Waals surface area contributed by atoms with Crippen LogP contribution in [0.2, 0.25) is 0 Å². The molecule has 0 atom stereocenters. The number of rotatable bonds is 0. The molecular formula is C9H9O. The first-order valence-electron chi connectivity index (χ1n) is 3.25. The molecule has 0 amide bonds. The molecule has 1 nitrogen and oxygen atoms in total. The minimum Gasteiger partial charge on any atom is -0.293 e. The summed E-state index contributed by atoms with van der Waals surface area (Å²) in [4.78, 5) is 11.0. The standard InChI is InChI=1S/C9H9O/c1-3-4-8-7(2)5-6-9(8)10/h5H,6H2,1-2H3. The van der Waals surface area contributed by atoms with Crippen LogP contribution >= 0.6 is 0 Å². The van der Waals surface area contributed by atoms with Crippen LogP contribution in [0.4, 0.5) is 0 Å². The van der Waals surface area contributed by atoms with Crippen molar-refractivity contribution in [2.24, 2.45) is 0 Å². The van der Waals surface area contributed by atoms with Gasteiger partial charge in [0.2, 0.25) is 0 Å². The van der Waals surface area contributed by atoms with Crippen molar-refractivity contribution < 1.29 is 4.79 Å². The molecule has 0 saturated heterocycles. The summed E-state index contributed by atoms with van der Waals surface area (Å²) >= 11 is 0. The van der Waals surface area contributed by atoms with Gasteiger partial charge < -0.3 is 0 Å². The lowest BCUT2D eigenvalue weighted by Crippen LogP contribution is -1.92. The molecule has 0 unspecified atom stereocenters. The summed E-state index contributed by atoms with van der Waals surface area (Å²) < 4.78 is 0. The number of Topliss-reactive ketones (excluding diaryl/α,β-unsaturated/α-hetero) is 1. The van der Waals surface area contributed by atoms with Crippen molar-refractivity contribution in [2.45, 2.75) is 20.3 Å². The predicted octanol–water partition coefficient (Wildman–Crippen LogP) is 1.50. The highest BCUT2D eigenvalue weighted by Crippen LogP contribution is 2.19. The SMILES string of the molecule is CC#CC1=C(C)[CH]CC1=O. The Balaban J connectivity index is 2.96. The zero-order chi connectivity index (χ0) is 7.56. The second kappa shape index (κ2) is 2.70. The molecule has 0 bridgehead atoms. The van der Waals surface area contributed by atoms with Gasteiger partial charge in [0, 0.05) is 6.42 Å². The van der Waals surface area contributed by atoms with Crippen molar-refractivity contribution in [2.75, 3.05) is 0 Å². The normalized spacial score (nSPS) is 17.2. The number of ketones is 1. The Morgan fingerprint density at radius 3 is 2.70 bits per heavy atom. The third kappa shape index (κ3) is 1.11. The first-order chi connectivity index (χ1) is 4.75. The maximum absolute atomic E-state index is 11.0. The summed E-state index contributed by atoms with van der Waals surface area (Å²) in [5.41, 5.74) is 1.72. The Bertz CT molecular complexity index is 248. The molecule has 51 valence electrons.